The molecule has 140 valence electrons. The van der Waals surface area contributed by atoms with Crippen LogP contribution in [0.3, 0.4) is 0 Å². The van der Waals surface area contributed by atoms with Gasteiger partial charge in [-0.15, -0.1) is 12.4 Å². The van der Waals surface area contributed by atoms with Crippen molar-refractivity contribution in [1.29, 1.82) is 0 Å². The number of hydrogen-bond donors (Lipinski definition) is 1. The van der Waals surface area contributed by atoms with Crippen LogP contribution in [0.5, 0.6) is 11.5 Å². The number of hydrogen-bond acceptors (Lipinski definition) is 4. The summed E-state index contributed by atoms with van der Waals surface area (Å²) in [7, 11) is 1.37. The minimum absolute atomic E-state index is 0. The summed E-state index contributed by atoms with van der Waals surface area (Å²) in [5.41, 5.74) is 0.344. The number of nitrogens with one attached hydrogen (secondary N) is 1. The minimum Gasteiger partial charge on any atom is -0.493 e. The lowest BCUT2D eigenvalue weighted by Crippen LogP contribution is -2.32. The number of halogens is 3. The summed E-state index contributed by atoms with van der Waals surface area (Å²) < 4.78 is 34.5. The smallest absolute Gasteiger partial charge is 0.387 e. The van der Waals surface area contributed by atoms with Crippen LogP contribution in [0.2, 0.25) is 0 Å². The van der Waals surface area contributed by atoms with Crippen molar-refractivity contribution in [1.82, 2.24) is 10.2 Å². The summed E-state index contributed by atoms with van der Waals surface area (Å²) in [6, 6.07) is 4.41. The Labute approximate surface area is 152 Å². The van der Waals surface area contributed by atoms with Gasteiger partial charge in [0.15, 0.2) is 11.5 Å². The van der Waals surface area contributed by atoms with E-state index in [1.54, 1.807) is 6.07 Å². The number of carbonyl (C=O) groups is 1. The van der Waals surface area contributed by atoms with Crippen LogP contribution in [0.4, 0.5) is 8.78 Å². The van der Waals surface area contributed by atoms with Gasteiger partial charge in [-0.05, 0) is 56.0 Å². The third-order valence-corrected chi connectivity index (χ3v) is 4.93. The summed E-state index contributed by atoms with van der Waals surface area (Å²) in [6.07, 6.45) is 1.94. The molecule has 2 aliphatic heterocycles. The van der Waals surface area contributed by atoms with E-state index in [2.05, 4.69) is 10.1 Å². The van der Waals surface area contributed by atoms with Crippen LogP contribution in [-0.2, 0) is 0 Å². The highest BCUT2D eigenvalue weighted by molar-refractivity contribution is 5.95. The molecule has 2 atom stereocenters. The van der Waals surface area contributed by atoms with E-state index in [-0.39, 0.29) is 29.8 Å². The zero-order valence-electron chi connectivity index (χ0n) is 14.0. The Balaban J connectivity index is 0.00000225. The van der Waals surface area contributed by atoms with Crippen LogP contribution in [0, 0.1) is 11.8 Å². The van der Waals surface area contributed by atoms with E-state index in [9.17, 15) is 13.6 Å². The highest BCUT2D eigenvalue weighted by Crippen LogP contribution is 2.31. The van der Waals surface area contributed by atoms with Gasteiger partial charge in [-0.3, -0.25) is 4.79 Å². The Morgan fingerprint density at radius 3 is 2.40 bits per heavy atom. The normalized spacial score (nSPS) is 22.8. The Hall–Kier alpha value is -1.60. The zero-order chi connectivity index (χ0) is 17.1. The second-order valence-corrected chi connectivity index (χ2v) is 6.29. The maximum Gasteiger partial charge on any atom is 0.387 e. The SMILES string of the molecule is COc1ccc(C(=O)N2CC[C@@H]3CNC[C@@H]3CC2)cc1OC(F)F.Cl. The molecule has 1 aromatic rings. The monoisotopic (exact) mass is 376 g/mol. The molecule has 0 unspecified atom stereocenters. The van der Waals surface area contributed by atoms with Crippen LogP contribution < -0.4 is 14.8 Å². The van der Waals surface area contributed by atoms with Gasteiger partial charge in [-0.2, -0.15) is 8.78 Å². The molecule has 0 radical (unpaired) electrons. The van der Waals surface area contributed by atoms with Crippen LogP contribution in [0.15, 0.2) is 18.2 Å². The van der Waals surface area contributed by atoms with Gasteiger partial charge in [0.05, 0.1) is 7.11 Å². The number of carbonyl (C=O) groups excluding carboxylic acids is 1. The molecule has 2 fully saturated rings. The Morgan fingerprint density at radius 1 is 1.20 bits per heavy atom. The second kappa shape index (κ2) is 8.67. The molecule has 25 heavy (non-hydrogen) atoms. The number of benzene rings is 1. The van der Waals surface area contributed by atoms with Gasteiger partial charge in [0.2, 0.25) is 0 Å². The maximum absolute atomic E-state index is 12.7. The molecule has 0 aromatic heterocycles. The van der Waals surface area contributed by atoms with Crippen molar-refractivity contribution in [3.05, 3.63) is 23.8 Å². The lowest BCUT2D eigenvalue weighted by molar-refractivity contribution is -0.0512. The molecule has 0 bridgehead atoms. The van der Waals surface area contributed by atoms with Crippen LogP contribution in [-0.4, -0.2) is 50.7 Å². The van der Waals surface area contributed by atoms with Crippen molar-refractivity contribution in [2.24, 2.45) is 11.8 Å². The van der Waals surface area contributed by atoms with E-state index in [0.29, 0.717) is 30.5 Å². The highest BCUT2D eigenvalue weighted by atomic mass is 35.5. The number of nitrogens with zero attached hydrogens (tertiary/aromatic N) is 1. The maximum atomic E-state index is 12.7. The number of likely N-dealkylation sites (tertiary alicyclic amines) is 1. The second-order valence-electron chi connectivity index (χ2n) is 6.29. The van der Waals surface area contributed by atoms with E-state index in [1.165, 1.54) is 19.2 Å². The van der Waals surface area contributed by atoms with Gasteiger partial charge in [-0.25, -0.2) is 0 Å². The summed E-state index contributed by atoms with van der Waals surface area (Å²) in [5, 5.41) is 3.40. The predicted octanol–water partition coefficient (Wildman–Crippen LogP) is 2.79. The van der Waals surface area contributed by atoms with E-state index in [4.69, 9.17) is 4.74 Å². The molecule has 0 spiro atoms. The molecule has 3 rings (SSSR count). The highest BCUT2D eigenvalue weighted by Gasteiger charge is 2.31. The average Bonchev–Trinajstić information content (AvgIpc) is 2.92. The van der Waals surface area contributed by atoms with E-state index in [0.717, 1.165) is 25.9 Å². The molecule has 2 aliphatic rings. The standard InChI is InChI=1S/C17H22F2N2O3.ClH/c1-23-14-3-2-11(8-15(14)24-17(18)19)16(22)21-6-4-12-9-20-10-13(12)5-7-21;/h2-3,8,12-13,17,20H,4-7,9-10H2,1H3;1H/t12-,13+;. The first-order valence-corrected chi connectivity index (χ1v) is 8.21. The van der Waals surface area contributed by atoms with Crippen molar-refractivity contribution in [2.45, 2.75) is 19.5 Å². The van der Waals surface area contributed by atoms with Gasteiger partial charge < -0.3 is 19.7 Å². The molecule has 8 heteroatoms. The fourth-order valence-corrected chi connectivity index (χ4v) is 3.60. The van der Waals surface area contributed by atoms with Crippen molar-refractivity contribution in [3.63, 3.8) is 0 Å². The summed E-state index contributed by atoms with van der Waals surface area (Å²) in [4.78, 5) is 14.5. The van der Waals surface area contributed by atoms with Crippen molar-refractivity contribution < 1.29 is 23.0 Å². The van der Waals surface area contributed by atoms with Crippen molar-refractivity contribution in [3.8, 4) is 11.5 Å². The van der Waals surface area contributed by atoms with Crippen LogP contribution in [0.1, 0.15) is 23.2 Å². The minimum atomic E-state index is -2.96. The van der Waals surface area contributed by atoms with Crippen LogP contribution in [0.25, 0.3) is 0 Å². The first-order valence-electron chi connectivity index (χ1n) is 8.21. The van der Waals surface area contributed by atoms with Gasteiger partial charge in [-0.1, -0.05) is 0 Å². The molecule has 1 N–H and O–H groups in total. The molecular formula is C17H23ClF2N2O3. The molecule has 5 nitrogen and oxygen atoms in total. The molecule has 1 amide bonds. The quantitative estimate of drug-likeness (QED) is 0.878. The fraction of sp³-hybridized carbons (Fsp3) is 0.588. The Kier molecular flexibility index (Phi) is 6.84. The fourth-order valence-electron chi connectivity index (χ4n) is 3.60. The van der Waals surface area contributed by atoms with Crippen molar-refractivity contribution >= 4 is 18.3 Å². The van der Waals surface area contributed by atoms with E-state index < -0.39 is 6.61 Å². The number of rotatable bonds is 4. The number of fused-ring (bicyclic) bond motifs is 1. The summed E-state index contributed by atoms with van der Waals surface area (Å²) >= 11 is 0. The van der Waals surface area contributed by atoms with Crippen LogP contribution >= 0.6 is 12.4 Å². The molecule has 2 heterocycles. The molecule has 0 aliphatic carbocycles. The number of alkyl halides is 2. The first kappa shape index (κ1) is 19.7. The van der Waals surface area contributed by atoms with Gasteiger partial charge in [0.1, 0.15) is 0 Å². The number of methoxy groups -OCH3 is 1. The molecule has 1 aromatic carbocycles. The lowest BCUT2D eigenvalue weighted by Gasteiger charge is -2.21. The van der Waals surface area contributed by atoms with Crippen molar-refractivity contribution in [2.75, 3.05) is 33.3 Å². The van der Waals surface area contributed by atoms with Gasteiger partial charge in [0.25, 0.3) is 5.91 Å². The van der Waals surface area contributed by atoms with Gasteiger partial charge >= 0.3 is 6.61 Å². The Bertz CT molecular complexity index is 589. The first-order chi connectivity index (χ1) is 11.6. The predicted molar refractivity (Wildman–Crippen MR) is 91.9 cm³/mol. The molecule has 0 saturated carbocycles. The third-order valence-electron chi connectivity index (χ3n) is 4.93. The van der Waals surface area contributed by atoms with Gasteiger partial charge in [0, 0.05) is 18.7 Å². The van der Waals surface area contributed by atoms with E-state index in [1.807, 2.05) is 4.90 Å². The summed E-state index contributed by atoms with van der Waals surface area (Å²) in [5.74, 6) is 1.16. The number of amides is 1. The summed E-state index contributed by atoms with van der Waals surface area (Å²) in [6.45, 7) is 0.454. The Morgan fingerprint density at radius 2 is 1.84 bits per heavy atom. The third kappa shape index (κ3) is 4.52. The molecule has 2 saturated heterocycles. The van der Waals surface area contributed by atoms with E-state index >= 15 is 0 Å². The topological polar surface area (TPSA) is 50.8 Å². The number of ether oxygens (including phenoxy) is 2. The molecular weight excluding hydrogens is 354 g/mol. The largest absolute Gasteiger partial charge is 0.493 e. The lowest BCUT2D eigenvalue weighted by atomic mass is 9.92. The average molecular weight is 377 g/mol. The zero-order valence-corrected chi connectivity index (χ0v) is 14.9.